The third-order valence-corrected chi connectivity index (χ3v) is 3.88. The first-order valence-corrected chi connectivity index (χ1v) is 7.55. The van der Waals surface area contributed by atoms with E-state index < -0.39 is 0 Å². The molecule has 1 N–H and O–H groups in total. The maximum atomic E-state index is 12.4. The van der Waals surface area contributed by atoms with E-state index in [-0.39, 0.29) is 24.2 Å². The van der Waals surface area contributed by atoms with Crippen molar-refractivity contribution in [2.24, 2.45) is 5.92 Å². The smallest absolute Gasteiger partial charge is 0.229 e. The van der Waals surface area contributed by atoms with Gasteiger partial charge in [-0.15, -0.1) is 0 Å². The first-order valence-electron chi connectivity index (χ1n) is 7.55. The molecule has 1 unspecified atom stereocenters. The molecule has 6 nitrogen and oxygen atoms in total. The first-order chi connectivity index (χ1) is 10.9. The molecule has 1 aromatic heterocycles. The number of nitrogens with zero attached hydrogens (tertiary/aromatic N) is 2. The molecular weight excluding hydrogens is 294 g/mol. The molecule has 0 aliphatic carbocycles. The van der Waals surface area contributed by atoms with Crippen molar-refractivity contribution >= 4 is 23.3 Å². The lowest BCUT2D eigenvalue weighted by Crippen LogP contribution is -2.28. The molecule has 0 radical (unpaired) electrons. The molecule has 1 atom stereocenters. The third kappa shape index (κ3) is 3.26. The van der Waals surface area contributed by atoms with Crippen molar-refractivity contribution in [3.05, 3.63) is 41.2 Å². The van der Waals surface area contributed by atoms with Gasteiger partial charge < -0.3 is 9.84 Å². The maximum absolute atomic E-state index is 12.4. The van der Waals surface area contributed by atoms with Gasteiger partial charge in [-0.25, -0.2) is 0 Å². The van der Waals surface area contributed by atoms with Crippen LogP contribution < -0.4 is 10.2 Å². The fraction of sp³-hybridized carbons (Fsp3) is 0.353. The molecule has 1 saturated heterocycles. The van der Waals surface area contributed by atoms with Gasteiger partial charge in [0.05, 0.1) is 5.92 Å². The summed E-state index contributed by atoms with van der Waals surface area (Å²) >= 11 is 0. The normalized spacial score (nSPS) is 17.6. The third-order valence-electron chi connectivity index (χ3n) is 3.88. The predicted octanol–water partition coefficient (Wildman–Crippen LogP) is 2.59. The Morgan fingerprint density at radius 3 is 2.52 bits per heavy atom. The highest BCUT2D eigenvalue weighted by molar-refractivity contribution is 6.03. The zero-order valence-electron chi connectivity index (χ0n) is 13.4. The number of hydrogen-bond donors (Lipinski definition) is 1. The summed E-state index contributed by atoms with van der Waals surface area (Å²) in [5.74, 6) is 0.454. The zero-order chi connectivity index (χ0) is 16.6. The van der Waals surface area contributed by atoms with E-state index in [1.807, 2.05) is 32.0 Å². The van der Waals surface area contributed by atoms with Crippen LogP contribution in [0.2, 0.25) is 0 Å². The summed E-state index contributed by atoms with van der Waals surface area (Å²) in [5.41, 5.74) is 2.93. The Kier molecular flexibility index (Phi) is 3.90. The van der Waals surface area contributed by atoms with E-state index in [2.05, 4.69) is 10.5 Å². The number of carbonyl (C=O) groups is 2. The molecule has 1 aliphatic heterocycles. The number of nitrogens with one attached hydrogen (secondary N) is 1. The van der Waals surface area contributed by atoms with Crippen LogP contribution in [0, 0.1) is 26.7 Å². The highest BCUT2D eigenvalue weighted by atomic mass is 16.5. The van der Waals surface area contributed by atoms with Gasteiger partial charge in [0.15, 0.2) is 5.82 Å². The lowest BCUT2D eigenvalue weighted by molar-refractivity contribution is -0.122. The summed E-state index contributed by atoms with van der Waals surface area (Å²) in [6.07, 6.45) is 0.183. The number of rotatable bonds is 3. The fourth-order valence-corrected chi connectivity index (χ4v) is 2.88. The van der Waals surface area contributed by atoms with E-state index in [4.69, 9.17) is 4.52 Å². The van der Waals surface area contributed by atoms with E-state index in [0.717, 1.165) is 16.8 Å². The summed E-state index contributed by atoms with van der Waals surface area (Å²) in [4.78, 5) is 26.1. The zero-order valence-corrected chi connectivity index (χ0v) is 13.4. The minimum Gasteiger partial charge on any atom is -0.360 e. The number of anilines is 2. The van der Waals surface area contributed by atoms with Crippen molar-refractivity contribution < 1.29 is 14.1 Å². The number of benzene rings is 1. The van der Waals surface area contributed by atoms with Crippen molar-refractivity contribution in [3.8, 4) is 0 Å². The number of amides is 2. The number of hydrogen-bond acceptors (Lipinski definition) is 4. The molecule has 1 aromatic carbocycles. The molecule has 1 fully saturated rings. The average molecular weight is 313 g/mol. The Morgan fingerprint density at radius 2 is 1.91 bits per heavy atom. The van der Waals surface area contributed by atoms with Gasteiger partial charge in [-0.3, -0.25) is 14.5 Å². The fourth-order valence-electron chi connectivity index (χ4n) is 2.88. The van der Waals surface area contributed by atoms with Gasteiger partial charge in [-0.1, -0.05) is 11.2 Å². The Labute approximate surface area is 134 Å². The maximum Gasteiger partial charge on any atom is 0.229 e. The van der Waals surface area contributed by atoms with Crippen LogP contribution in [0.3, 0.4) is 0 Å². The van der Waals surface area contributed by atoms with Crippen LogP contribution in [0.5, 0.6) is 0 Å². The Hall–Kier alpha value is -2.63. The molecule has 2 heterocycles. The van der Waals surface area contributed by atoms with Gasteiger partial charge in [0.1, 0.15) is 5.76 Å². The molecule has 3 rings (SSSR count). The van der Waals surface area contributed by atoms with E-state index >= 15 is 0 Å². The standard InChI is InChI=1S/C17H19N3O3/c1-10-4-11(2)6-14(5-10)18-17(22)13-8-16(21)20(9-13)15-7-12(3)23-19-15/h4-7,13H,8-9H2,1-3H3,(H,18,22). The van der Waals surface area contributed by atoms with Gasteiger partial charge in [0.25, 0.3) is 0 Å². The van der Waals surface area contributed by atoms with E-state index in [0.29, 0.717) is 18.1 Å². The Bertz CT molecular complexity index is 746. The van der Waals surface area contributed by atoms with Gasteiger partial charge in [0, 0.05) is 24.7 Å². The molecule has 0 bridgehead atoms. The molecular formula is C17H19N3O3. The number of aromatic nitrogens is 1. The highest BCUT2D eigenvalue weighted by Gasteiger charge is 2.36. The topological polar surface area (TPSA) is 75.4 Å². The molecule has 0 saturated carbocycles. The summed E-state index contributed by atoms with van der Waals surface area (Å²) in [6.45, 7) is 6.05. The SMILES string of the molecule is Cc1cc(C)cc(NC(=O)C2CC(=O)N(c3cc(C)on3)C2)c1. The van der Waals surface area contributed by atoms with Crippen LogP contribution in [-0.4, -0.2) is 23.5 Å². The summed E-state index contributed by atoms with van der Waals surface area (Å²) in [5, 5.41) is 6.75. The molecule has 0 spiro atoms. The quantitative estimate of drug-likeness (QED) is 0.945. The van der Waals surface area contributed by atoms with Crippen LogP contribution in [0.4, 0.5) is 11.5 Å². The summed E-state index contributed by atoms with van der Waals surface area (Å²) in [7, 11) is 0. The number of carbonyl (C=O) groups excluding carboxylic acids is 2. The van der Waals surface area contributed by atoms with Crippen LogP contribution >= 0.6 is 0 Å². The molecule has 120 valence electrons. The van der Waals surface area contributed by atoms with Crippen molar-refractivity contribution in [1.29, 1.82) is 0 Å². The Balaban J connectivity index is 1.70. The van der Waals surface area contributed by atoms with E-state index in [1.54, 1.807) is 13.0 Å². The summed E-state index contributed by atoms with van der Waals surface area (Å²) in [6, 6.07) is 7.58. The number of aryl methyl sites for hydroxylation is 3. The van der Waals surface area contributed by atoms with E-state index in [1.165, 1.54) is 4.90 Å². The van der Waals surface area contributed by atoms with Crippen molar-refractivity contribution in [3.63, 3.8) is 0 Å². The second-order valence-corrected chi connectivity index (χ2v) is 6.07. The van der Waals surface area contributed by atoms with Crippen molar-refractivity contribution in [2.75, 3.05) is 16.8 Å². The lowest BCUT2D eigenvalue weighted by Gasteiger charge is -2.13. The highest BCUT2D eigenvalue weighted by Crippen LogP contribution is 2.26. The second-order valence-electron chi connectivity index (χ2n) is 6.07. The van der Waals surface area contributed by atoms with Gasteiger partial charge in [0.2, 0.25) is 11.8 Å². The molecule has 2 amide bonds. The molecule has 2 aromatic rings. The largest absolute Gasteiger partial charge is 0.360 e. The minimum atomic E-state index is -0.389. The van der Waals surface area contributed by atoms with Crippen molar-refractivity contribution in [1.82, 2.24) is 5.16 Å². The first kappa shape index (κ1) is 15.3. The van der Waals surface area contributed by atoms with Crippen molar-refractivity contribution in [2.45, 2.75) is 27.2 Å². The van der Waals surface area contributed by atoms with Crippen LogP contribution in [-0.2, 0) is 9.59 Å². The predicted molar refractivity (Wildman–Crippen MR) is 86.2 cm³/mol. The van der Waals surface area contributed by atoms with E-state index in [9.17, 15) is 9.59 Å². The molecule has 23 heavy (non-hydrogen) atoms. The minimum absolute atomic E-state index is 0.112. The molecule has 1 aliphatic rings. The average Bonchev–Trinajstić information content (AvgIpc) is 3.03. The van der Waals surface area contributed by atoms with Gasteiger partial charge in [-0.2, -0.15) is 0 Å². The van der Waals surface area contributed by atoms with Gasteiger partial charge in [-0.05, 0) is 44.0 Å². The summed E-state index contributed by atoms with van der Waals surface area (Å²) < 4.78 is 5.00. The Morgan fingerprint density at radius 1 is 1.22 bits per heavy atom. The van der Waals surface area contributed by atoms with Gasteiger partial charge >= 0.3 is 0 Å². The lowest BCUT2D eigenvalue weighted by atomic mass is 10.1. The monoisotopic (exact) mass is 313 g/mol. The second kappa shape index (κ2) is 5.87. The van der Waals surface area contributed by atoms with Crippen LogP contribution in [0.15, 0.2) is 28.8 Å². The molecule has 6 heteroatoms. The van der Waals surface area contributed by atoms with Crippen LogP contribution in [0.1, 0.15) is 23.3 Å². The van der Waals surface area contributed by atoms with Crippen LogP contribution in [0.25, 0.3) is 0 Å².